The van der Waals surface area contributed by atoms with Crippen LogP contribution in [0.5, 0.6) is 0 Å². The SMILES string of the molecule is c1cc(CNC2CCSCC2)co1. The summed E-state index contributed by atoms with van der Waals surface area (Å²) < 4.78 is 5.01. The Bertz CT molecular complexity index is 229. The second-order valence-electron chi connectivity index (χ2n) is 3.40. The summed E-state index contributed by atoms with van der Waals surface area (Å²) in [7, 11) is 0. The maximum atomic E-state index is 5.01. The summed E-state index contributed by atoms with van der Waals surface area (Å²) in [6.07, 6.45) is 6.16. The highest BCUT2D eigenvalue weighted by Crippen LogP contribution is 2.17. The van der Waals surface area contributed by atoms with Crippen molar-refractivity contribution in [1.82, 2.24) is 5.32 Å². The van der Waals surface area contributed by atoms with Crippen LogP contribution in [-0.4, -0.2) is 17.5 Å². The standard InChI is InChI=1S/C10H15NOS/c1-4-12-8-9(1)7-11-10-2-5-13-6-3-10/h1,4,8,10-11H,2-3,5-7H2. The maximum absolute atomic E-state index is 5.01. The quantitative estimate of drug-likeness (QED) is 0.804. The lowest BCUT2D eigenvalue weighted by Crippen LogP contribution is -2.31. The van der Waals surface area contributed by atoms with Gasteiger partial charge in [0.05, 0.1) is 12.5 Å². The number of rotatable bonds is 3. The maximum Gasteiger partial charge on any atom is 0.0947 e. The molecule has 0 spiro atoms. The molecule has 1 aromatic rings. The molecule has 2 nitrogen and oxygen atoms in total. The fraction of sp³-hybridized carbons (Fsp3) is 0.600. The van der Waals surface area contributed by atoms with Crippen LogP contribution in [0.4, 0.5) is 0 Å². The highest BCUT2D eigenvalue weighted by molar-refractivity contribution is 7.99. The van der Waals surface area contributed by atoms with Gasteiger partial charge in [-0.3, -0.25) is 0 Å². The fourth-order valence-electron chi connectivity index (χ4n) is 1.56. The van der Waals surface area contributed by atoms with Crippen molar-refractivity contribution in [3.63, 3.8) is 0 Å². The molecule has 2 rings (SSSR count). The Labute approximate surface area is 83.1 Å². The summed E-state index contributed by atoms with van der Waals surface area (Å²) in [5.41, 5.74) is 1.25. The highest BCUT2D eigenvalue weighted by atomic mass is 32.2. The summed E-state index contributed by atoms with van der Waals surface area (Å²) in [6, 6.07) is 2.74. The van der Waals surface area contributed by atoms with E-state index in [9.17, 15) is 0 Å². The molecule has 0 saturated carbocycles. The Morgan fingerprint density at radius 1 is 1.46 bits per heavy atom. The van der Waals surface area contributed by atoms with Crippen LogP contribution in [0.25, 0.3) is 0 Å². The second-order valence-corrected chi connectivity index (χ2v) is 4.62. The van der Waals surface area contributed by atoms with Gasteiger partial charge in [-0.05, 0) is 30.4 Å². The van der Waals surface area contributed by atoms with Crippen LogP contribution in [0, 0.1) is 0 Å². The molecule has 1 fully saturated rings. The lowest BCUT2D eigenvalue weighted by molar-refractivity contribution is 0.479. The lowest BCUT2D eigenvalue weighted by atomic mass is 10.1. The predicted octanol–water partition coefficient (Wildman–Crippen LogP) is 2.26. The molecule has 13 heavy (non-hydrogen) atoms. The van der Waals surface area contributed by atoms with Crippen molar-refractivity contribution in [2.24, 2.45) is 0 Å². The third-order valence-electron chi connectivity index (χ3n) is 2.40. The number of nitrogens with one attached hydrogen (secondary N) is 1. The predicted molar refractivity (Wildman–Crippen MR) is 55.9 cm³/mol. The van der Waals surface area contributed by atoms with Gasteiger partial charge in [0.25, 0.3) is 0 Å². The van der Waals surface area contributed by atoms with Gasteiger partial charge in [-0.2, -0.15) is 11.8 Å². The first-order valence-corrected chi connectivity index (χ1v) is 5.93. The molecule has 1 aromatic heterocycles. The number of hydrogen-bond donors (Lipinski definition) is 1. The van der Waals surface area contributed by atoms with Gasteiger partial charge in [0.1, 0.15) is 0 Å². The summed E-state index contributed by atoms with van der Waals surface area (Å²) in [5.74, 6) is 2.62. The Morgan fingerprint density at radius 3 is 3.00 bits per heavy atom. The van der Waals surface area contributed by atoms with Crippen molar-refractivity contribution < 1.29 is 4.42 Å². The van der Waals surface area contributed by atoms with Gasteiger partial charge in [-0.1, -0.05) is 0 Å². The molecular weight excluding hydrogens is 182 g/mol. The van der Waals surface area contributed by atoms with Crippen LogP contribution in [0.1, 0.15) is 18.4 Å². The normalized spacial score (nSPS) is 19.1. The number of furan rings is 1. The van der Waals surface area contributed by atoms with E-state index in [2.05, 4.69) is 17.1 Å². The van der Waals surface area contributed by atoms with E-state index in [-0.39, 0.29) is 0 Å². The Hall–Kier alpha value is -0.410. The van der Waals surface area contributed by atoms with Crippen molar-refractivity contribution in [3.05, 3.63) is 24.2 Å². The van der Waals surface area contributed by atoms with Crippen molar-refractivity contribution in [1.29, 1.82) is 0 Å². The molecule has 0 amide bonds. The molecule has 0 unspecified atom stereocenters. The zero-order valence-corrected chi connectivity index (χ0v) is 8.48. The molecule has 1 N–H and O–H groups in total. The van der Waals surface area contributed by atoms with E-state index in [4.69, 9.17) is 4.42 Å². The first-order valence-electron chi connectivity index (χ1n) is 4.77. The first kappa shape index (κ1) is 9.16. The van der Waals surface area contributed by atoms with Crippen molar-refractivity contribution >= 4 is 11.8 Å². The zero-order valence-electron chi connectivity index (χ0n) is 7.66. The number of thioether (sulfide) groups is 1. The minimum absolute atomic E-state index is 0.719. The van der Waals surface area contributed by atoms with E-state index in [1.54, 1.807) is 6.26 Å². The molecule has 0 radical (unpaired) electrons. The van der Waals surface area contributed by atoms with Gasteiger partial charge in [0.15, 0.2) is 0 Å². The third kappa shape index (κ3) is 2.78. The average Bonchev–Trinajstić information content (AvgIpc) is 2.69. The van der Waals surface area contributed by atoms with Gasteiger partial charge >= 0.3 is 0 Å². The Kier molecular flexibility index (Phi) is 3.33. The Morgan fingerprint density at radius 2 is 2.31 bits per heavy atom. The van der Waals surface area contributed by atoms with E-state index in [1.165, 1.54) is 29.9 Å². The fourth-order valence-corrected chi connectivity index (χ4v) is 2.66. The molecule has 72 valence electrons. The molecule has 0 bridgehead atoms. The molecule has 2 heterocycles. The van der Waals surface area contributed by atoms with E-state index >= 15 is 0 Å². The summed E-state index contributed by atoms with van der Waals surface area (Å²) in [6.45, 7) is 0.950. The molecular formula is C10H15NOS. The zero-order chi connectivity index (χ0) is 8.93. The number of hydrogen-bond acceptors (Lipinski definition) is 3. The van der Waals surface area contributed by atoms with Gasteiger partial charge < -0.3 is 9.73 Å². The largest absolute Gasteiger partial charge is 0.472 e. The Balaban J connectivity index is 1.72. The van der Waals surface area contributed by atoms with Crippen LogP contribution in [0.2, 0.25) is 0 Å². The van der Waals surface area contributed by atoms with E-state index < -0.39 is 0 Å². The van der Waals surface area contributed by atoms with Crippen LogP contribution in [0.15, 0.2) is 23.0 Å². The average molecular weight is 197 g/mol. The van der Waals surface area contributed by atoms with Gasteiger partial charge in [-0.15, -0.1) is 0 Å². The van der Waals surface area contributed by atoms with E-state index in [0.717, 1.165) is 12.6 Å². The third-order valence-corrected chi connectivity index (χ3v) is 3.45. The summed E-state index contributed by atoms with van der Waals surface area (Å²) >= 11 is 2.06. The van der Waals surface area contributed by atoms with E-state index in [1.807, 2.05) is 12.3 Å². The molecule has 0 atom stereocenters. The van der Waals surface area contributed by atoms with Gasteiger partial charge in [0, 0.05) is 18.2 Å². The lowest BCUT2D eigenvalue weighted by Gasteiger charge is -2.22. The smallest absolute Gasteiger partial charge is 0.0947 e. The van der Waals surface area contributed by atoms with Crippen molar-refractivity contribution in [2.45, 2.75) is 25.4 Å². The molecule has 0 aliphatic carbocycles. The minimum Gasteiger partial charge on any atom is -0.472 e. The van der Waals surface area contributed by atoms with Gasteiger partial charge in [0.2, 0.25) is 0 Å². The van der Waals surface area contributed by atoms with Crippen LogP contribution in [0.3, 0.4) is 0 Å². The molecule has 1 aliphatic heterocycles. The van der Waals surface area contributed by atoms with Crippen molar-refractivity contribution in [2.75, 3.05) is 11.5 Å². The topological polar surface area (TPSA) is 25.2 Å². The van der Waals surface area contributed by atoms with Crippen molar-refractivity contribution in [3.8, 4) is 0 Å². The van der Waals surface area contributed by atoms with Crippen LogP contribution < -0.4 is 5.32 Å². The monoisotopic (exact) mass is 197 g/mol. The molecule has 0 aromatic carbocycles. The minimum atomic E-state index is 0.719. The van der Waals surface area contributed by atoms with Gasteiger partial charge in [-0.25, -0.2) is 0 Å². The van der Waals surface area contributed by atoms with Crippen LogP contribution >= 0.6 is 11.8 Å². The second kappa shape index (κ2) is 4.72. The summed E-state index contributed by atoms with van der Waals surface area (Å²) in [4.78, 5) is 0. The molecule has 1 saturated heterocycles. The molecule has 3 heteroatoms. The highest BCUT2D eigenvalue weighted by Gasteiger charge is 2.12. The summed E-state index contributed by atoms with van der Waals surface area (Å²) in [5, 5.41) is 3.55. The van der Waals surface area contributed by atoms with E-state index in [0.29, 0.717) is 0 Å². The first-order chi connectivity index (χ1) is 6.45. The molecule has 1 aliphatic rings. The van der Waals surface area contributed by atoms with Crippen LogP contribution in [-0.2, 0) is 6.54 Å².